The molecule has 0 radical (unpaired) electrons. The van der Waals surface area contributed by atoms with Crippen LogP contribution in [0.5, 0.6) is 5.75 Å². The SMILES string of the molecule is CCOc1cc(-c2cc(NCCc3ccc4scc(C#N)c4c3)ncn2)ccc1CC(=O)O. The molecule has 4 aromatic rings. The fourth-order valence-electron chi connectivity index (χ4n) is 3.58. The highest BCUT2D eigenvalue weighted by molar-refractivity contribution is 7.17. The van der Waals surface area contributed by atoms with E-state index >= 15 is 0 Å². The molecule has 0 aliphatic rings. The molecule has 0 amide bonds. The summed E-state index contributed by atoms with van der Waals surface area (Å²) in [5, 5.41) is 24.6. The van der Waals surface area contributed by atoms with Crippen molar-refractivity contribution >= 4 is 33.2 Å². The van der Waals surface area contributed by atoms with E-state index in [1.165, 1.54) is 6.33 Å². The first-order valence-electron chi connectivity index (χ1n) is 10.5. The number of carbonyl (C=O) groups is 1. The second kappa shape index (κ2) is 10.1. The van der Waals surface area contributed by atoms with E-state index in [1.54, 1.807) is 17.4 Å². The third-order valence-electron chi connectivity index (χ3n) is 5.15. The average Bonchev–Trinajstić information content (AvgIpc) is 3.23. The van der Waals surface area contributed by atoms with Crippen LogP contribution in [-0.4, -0.2) is 34.2 Å². The zero-order valence-corrected chi connectivity index (χ0v) is 18.9. The highest BCUT2D eigenvalue weighted by Gasteiger charge is 2.11. The van der Waals surface area contributed by atoms with Gasteiger partial charge >= 0.3 is 5.97 Å². The lowest BCUT2D eigenvalue weighted by Gasteiger charge is -2.12. The molecule has 0 saturated heterocycles. The minimum Gasteiger partial charge on any atom is -0.494 e. The first-order valence-corrected chi connectivity index (χ1v) is 11.4. The maximum Gasteiger partial charge on any atom is 0.307 e. The summed E-state index contributed by atoms with van der Waals surface area (Å²) in [6.07, 6.45) is 2.19. The van der Waals surface area contributed by atoms with E-state index in [1.807, 2.05) is 30.5 Å². The van der Waals surface area contributed by atoms with Crippen LogP contribution in [0.4, 0.5) is 5.82 Å². The number of hydrogen-bond donors (Lipinski definition) is 2. The highest BCUT2D eigenvalue weighted by atomic mass is 32.1. The van der Waals surface area contributed by atoms with Gasteiger partial charge < -0.3 is 15.2 Å². The molecule has 0 fully saturated rings. The topological polar surface area (TPSA) is 108 Å². The number of carboxylic acids is 1. The Balaban J connectivity index is 1.46. The van der Waals surface area contributed by atoms with Crippen molar-refractivity contribution in [2.24, 2.45) is 0 Å². The first kappa shape index (κ1) is 22.2. The van der Waals surface area contributed by atoms with Crippen LogP contribution in [0.15, 0.2) is 54.2 Å². The van der Waals surface area contributed by atoms with Gasteiger partial charge in [0, 0.05) is 39.2 Å². The summed E-state index contributed by atoms with van der Waals surface area (Å²) < 4.78 is 6.76. The smallest absolute Gasteiger partial charge is 0.307 e. The number of ether oxygens (including phenoxy) is 1. The Morgan fingerprint density at radius 1 is 1.21 bits per heavy atom. The normalized spacial score (nSPS) is 10.7. The zero-order chi connectivity index (χ0) is 23.2. The monoisotopic (exact) mass is 458 g/mol. The minimum absolute atomic E-state index is 0.0980. The Bertz CT molecular complexity index is 1340. The van der Waals surface area contributed by atoms with E-state index in [9.17, 15) is 10.1 Å². The molecular weight excluding hydrogens is 436 g/mol. The Kier molecular flexibility index (Phi) is 6.81. The van der Waals surface area contributed by atoms with Crippen molar-refractivity contribution in [2.45, 2.75) is 19.8 Å². The second-order valence-electron chi connectivity index (χ2n) is 7.38. The lowest BCUT2D eigenvalue weighted by atomic mass is 10.1. The molecule has 2 aromatic heterocycles. The molecular formula is C25H22N4O3S. The summed E-state index contributed by atoms with van der Waals surface area (Å²) in [5.74, 6) is 0.340. The number of nitriles is 1. The summed E-state index contributed by atoms with van der Waals surface area (Å²) in [6, 6.07) is 15.7. The van der Waals surface area contributed by atoms with Gasteiger partial charge in [-0.15, -0.1) is 11.3 Å². The van der Waals surface area contributed by atoms with E-state index in [0.717, 1.165) is 27.6 Å². The Labute approximate surface area is 195 Å². The standard InChI is InChI=1S/C25H22N4O3S/c1-2-32-22-10-17(4-5-18(22)11-25(30)31)21-12-24(29-15-28-21)27-8-7-16-3-6-23-20(9-16)19(13-26)14-33-23/h3-6,9-10,12,14-15H,2,7-8,11H2,1H3,(H,30,31)(H,27,28,29). The fourth-order valence-corrected chi connectivity index (χ4v) is 4.44. The van der Waals surface area contributed by atoms with Crippen molar-refractivity contribution in [3.8, 4) is 23.1 Å². The number of nitrogens with one attached hydrogen (secondary N) is 1. The zero-order valence-electron chi connectivity index (χ0n) is 18.0. The van der Waals surface area contributed by atoms with Gasteiger partial charge in [0.05, 0.1) is 24.3 Å². The third kappa shape index (κ3) is 5.27. The van der Waals surface area contributed by atoms with E-state index in [4.69, 9.17) is 9.84 Å². The van der Waals surface area contributed by atoms with Gasteiger partial charge in [0.1, 0.15) is 24.0 Å². The molecule has 0 aliphatic heterocycles. The van der Waals surface area contributed by atoms with Gasteiger partial charge in [-0.05, 0) is 37.1 Å². The van der Waals surface area contributed by atoms with Gasteiger partial charge in [-0.25, -0.2) is 9.97 Å². The number of thiophene rings is 1. The molecule has 8 heteroatoms. The Morgan fingerprint density at radius 2 is 2.09 bits per heavy atom. The molecule has 0 aliphatic carbocycles. The van der Waals surface area contributed by atoms with Gasteiger partial charge in [-0.2, -0.15) is 5.26 Å². The van der Waals surface area contributed by atoms with Crippen LogP contribution >= 0.6 is 11.3 Å². The van der Waals surface area contributed by atoms with Crippen LogP contribution in [0.1, 0.15) is 23.6 Å². The van der Waals surface area contributed by atoms with Gasteiger partial charge in [0.2, 0.25) is 0 Å². The molecule has 2 heterocycles. The van der Waals surface area contributed by atoms with Crippen molar-refractivity contribution in [3.05, 3.63) is 70.9 Å². The van der Waals surface area contributed by atoms with Crippen LogP contribution in [0.3, 0.4) is 0 Å². The lowest BCUT2D eigenvalue weighted by molar-refractivity contribution is -0.136. The largest absolute Gasteiger partial charge is 0.494 e. The maximum atomic E-state index is 11.1. The second-order valence-corrected chi connectivity index (χ2v) is 8.29. The summed E-state index contributed by atoms with van der Waals surface area (Å²) in [4.78, 5) is 19.8. The number of rotatable bonds is 9. The first-order chi connectivity index (χ1) is 16.1. The summed E-state index contributed by atoms with van der Waals surface area (Å²) in [5.41, 5.74) is 4.03. The van der Waals surface area contributed by atoms with E-state index in [0.29, 0.717) is 41.5 Å². The predicted molar refractivity (Wildman–Crippen MR) is 129 cm³/mol. The summed E-state index contributed by atoms with van der Waals surface area (Å²) >= 11 is 1.58. The minimum atomic E-state index is -0.903. The van der Waals surface area contributed by atoms with Crippen LogP contribution in [0.25, 0.3) is 21.3 Å². The summed E-state index contributed by atoms with van der Waals surface area (Å²) in [6.45, 7) is 2.98. The number of benzene rings is 2. The third-order valence-corrected chi connectivity index (χ3v) is 6.11. The number of fused-ring (bicyclic) bond motifs is 1. The predicted octanol–water partition coefficient (Wildman–Crippen LogP) is 4.91. The van der Waals surface area contributed by atoms with Crippen molar-refractivity contribution in [1.82, 2.24) is 9.97 Å². The molecule has 0 spiro atoms. The molecule has 33 heavy (non-hydrogen) atoms. The van der Waals surface area contributed by atoms with Crippen LogP contribution in [0, 0.1) is 11.3 Å². The fraction of sp³-hybridized carbons (Fsp3) is 0.200. The molecule has 166 valence electrons. The number of anilines is 1. The quantitative estimate of drug-likeness (QED) is 0.367. The van der Waals surface area contributed by atoms with Gasteiger partial charge in [-0.1, -0.05) is 18.2 Å². The van der Waals surface area contributed by atoms with E-state index in [-0.39, 0.29) is 6.42 Å². The molecule has 2 aromatic carbocycles. The molecule has 2 N–H and O–H groups in total. The van der Waals surface area contributed by atoms with Crippen molar-refractivity contribution < 1.29 is 14.6 Å². The van der Waals surface area contributed by atoms with Crippen LogP contribution < -0.4 is 10.1 Å². The highest BCUT2D eigenvalue weighted by Crippen LogP contribution is 2.28. The number of hydrogen-bond acceptors (Lipinski definition) is 7. The Morgan fingerprint density at radius 3 is 2.88 bits per heavy atom. The average molecular weight is 459 g/mol. The van der Waals surface area contributed by atoms with Gasteiger partial charge in [0.25, 0.3) is 0 Å². The van der Waals surface area contributed by atoms with Gasteiger partial charge in [0.15, 0.2) is 0 Å². The van der Waals surface area contributed by atoms with Crippen molar-refractivity contribution in [1.29, 1.82) is 5.26 Å². The molecule has 0 saturated carbocycles. The molecule has 7 nitrogen and oxygen atoms in total. The number of nitrogens with zero attached hydrogens (tertiary/aromatic N) is 3. The van der Waals surface area contributed by atoms with E-state index in [2.05, 4.69) is 39.6 Å². The van der Waals surface area contributed by atoms with Crippen molar-refractivity contribution in [2.75, 3.05) is 18.5 Å². The summed E-state index contributed by atoms with van der Waals surface area (Å²) in [7, 11) is 0. The van der Waals surface area contributed by atoms with Crippen LogP contribution in [-0.2, 0) is 17.6 Å². The molecule has 0 atom stereocenters. The number of aliphatic carboxylic acids is 1. The molecule has 4 rings (SSSR count). The van der Waals surface area contributed by atoms with Gasteiger partial charge in [-0.3, -0.25) is 4.79 Å². The van der Waals surface area contributed by atoms with E-state index < -0.39 is 5.97 Å². The Hall–Kier alpha value is -3.96. The van der Waals surface area contributed by atoms with Crippen molar-refractivity contribution in [3.63, 3.8) is 0 Å². The lowest BCUT2D eigenvalue weighted by Crippen LogP contribution is -2.07. The molecule has 0 unspecified atom stereocenters. The van der Waals surface area contributed by atoms with Crippen LogP contribution in [0.2, 0.25) is 0 Å². The maximum absolute atomic E-state index is 11.1. The molecule has 0 bridgehead atoms. The number of carboxylic acid groups (broad SMARTS) is 1. The number of aromatic nitrogens is 2.